The molecular formula is C22H27N5O. The van der Waals surface area contributed by atoms with E-state index in [9.17, 15) is 4.79 Å². The van der Waals surface area contributed by atoms with Crippen LogP contribution in [0.1, 0.15) is 36.2 Å². The number of carbonyl (C=O) groups excluding carboxylic acids is 1. The number of amides is 1. The first-order chi connectivity index (χ1) is 13.5. The summed E-state index contributed by atoms with van der Waals surface area (Å²) in [5.74, 6) is 0.674. The van der Waals surface area contributed by atoms with Crippen LogP contribution in [0.15, 0.2) is 41.6 Å². The van der Waals surface area contributed by atoms with Crippen molar-refractivity contribution in [1.82, 2.24) is 20.3 Å². The Balaban J connectivity index is 0.00000109. The minimum absolute atomic E-state index is 0.00992. The topological polar surface area (TPSA) is 70.5 Å². The molecule has 0 spiro atoms. The zero-order valence-electron chi connectivity index (χ0n) is 17.2. The molecule has 2 aliphatic rings. The van der Waals surface area contributed by atoms with E-state index < -0.39 is 0 Å². The number of hydrogen-bond donors (Lipinski definition) is 1. The van der Waals surface area contributed by atoms with Crippen molar-refractivity contribution in [2.75, 3.05) is 13.1 Å². The second kappa shape index (κ2) is 8.33. The fourth-order valence-electron chi connectivity index (χ4n) is 3.27. The maximum atomic E-state index is 11.9. The Bertz CT molecular complexity index is 925. The maximum Gasteiger partial charge on any atom is 0.248 e. The van der Waals surface area contributed by atoms with Crippen LogP contribution in [0, 0.1) is 20.8 Å². The van der Waals surface area contributed by atoms with Gasteiger partial charge in [-0.3, -0.25) is 9.80 Å². The quantitative estimate of drug-likeness (QED) is 0.873. The lowest BCUT2D eigenvalue weighted by Crippen LogP contribution is -2.53. The normalized spacial score (nSPS) is 17.9. The summed E-state index contributed by atoms with van der Waals surface area (Å²) in [4.78, 5) is 21.1. The molecule has 1 fully saturated rings. The summed E-state index contributed by atoms with van der Waals surface area (Å²) in [6.45, 7) is 11.6. The predicted octanol–water partition coefficient (Wildman–Crippen LogP) is 3.17. The lowest BCUT2D eigenvalue weighted by atomic mass is 10.0. The summed E-state index contributed by atoms with van der Waals surface area (Å²) in [6, 6.07) is 5.76. The van der Waals surface area contributed by atoms with E-state index in [1.165, 1.54) is 16.7 Å². The van der Waals surface area contributed by atoms with Crippen LogP contribution in [0.25, 0.3) is 11.4 Å². The number of aryl methyl sites for hydroxylation is 2. The van der Waals surface area contributed by atoms with Gasteiger partial charge in [0, 0.05) is 18.3 Å². The van der Waals surface area contributed by atoms with Crippen molar-refractivity contribution in [3.05, 3.63) is 58.9 Å². The highest BCUT2D eigenvalue weighted by molar-refractivity contribution is 6.08. The Morgan fingerprint density at radius 2 is 1.86 bits per heavy atom. The zero-order chi connectivity index (χ0) is 20.3. The number of hydrogen-bond acceptors (Lipinski definition) is 5. The van der Waals surface area contributed by atoms with Crippen molar-refractivity contribution in [1.29, 1.82) is 0 Å². The van der Waals surface area contributed by atoms with Crippen molar-refractivity contribution < 1.29 is 4.79 Å². The predicted molar refractivity (Wildman–Crippen MR) is 112 cm³/mol. The number of allylic oxidation sites excluding steroid dienone is 1. The minimum atomic E-state index is -0.323. The molecule has 1 atom stereocenters. The molecule has 28 heavy (non-hydrogen) atoms. The first-order valence-corrected chi connectivity index (χ1v) is 9.76. The van der Waals surface area contributed by atoms with Gasteiger partial charge in [0.05, 0.1) is 12.2 Å². The first kappa shape index (κ1) is 19.7. The molecule has 0 aliphatic carbocycles. The van der Waals surface area contributed by atoms with E-state index in [0.29, 0.717) is 18.9 Å². The molecule has 0 radical (unpaired) electrons. The number of rotatable bonds is 2. The number of fused-ring (bicyclic) bond motifs is 1. The highest BCUT2D eigenvalue weighted by atomic mass is 16.2. The second-order valence-electron chi connectivity index (χ2n) is 6.74. The molecule has 0 saturated carbocycles. The van der Waals surface area contributed by atoms with E-state index in [1.807, 2.05) is 37.1 Å². The maximum absolute atomic E-state index is 11.9. The van der Waals surface area contributed by atoms with Crippen LogP contribution in [0.3, 0.4) is 0 Å². The van der Waals surface area contributed by atoms with Crippen molar-refractivity contribution in [3.8, 4) is 11.4 Å². The lowest BCUT2D eigenvalue weighted by molar-refractivity contribution is -0.127. The van der Waals surface area contributed by atoms with Crippen LogP contribution >= 0.6 is 0 Å². The second-order valence-corrected chi connectivity index (χ2v) is 6.74. The lowest BCUT2D eigenvalue weighted by Gasteiger charge is -2.33. The van der Waals surface area contributed by atoms with Crippen LogP contribution in [0.4, 0.5) is 0 Å². The van der Waals surface area contributed by atoms with Gasteiger partial charge in [-0.1, -0.05) is 13.8 Å². The Labute approximate surface area is 166 Å². The Morgan fingerprint density at radius 1 is 1.14 bits per heavy atom. The van der Waals surface area contributed by atoms with E-state index in [1.54, 1.807) is 6.20 Å². The van der Waals surface area contributed by atoms with Gasteiger partial charge in [-0.15, -0.1) is 0 Å². The number of piperazine rings is 1. The molecule has 1 unspecified atom stereocenters. The Hall–Kier alpha value is -3.02. The van der Waals surface area contributed by atoms with Gasteiger partial charge in [0.15, 0.2) is 5.82 Å². The van der Waals surface area contributed by atoms with E-state index in [-0.39, 0.29) is 11.9 Å². The fraction of sp³-hybridized carbons (Fsp3) is 0.364. The van der Waals surface area contributed by atoms with E-state index in [4.69, 9.17) is 4.98 Å². The average Bonchev–Trinajstić information content (AvgIpc) is 2.73. The van der Waals surface area contributed by atoms with Gasteiger partial charge in [-0.2, -0.15) is 5.10 Å². The monoisotopic (exact) mass is 377 g/mol. The number of hydrazone groups is 1. The Kier molecular flexibility index (Phi) is 5.87. The molecule has 2 aliphatic heterocycles. The van der Waals surface area contributed by atoms with E-state index >= 15 is 0 Å². The summed E-state index contributed by atoms with van der Waals surface area (Å²) in [5, 5.41) is 9.29. The van der Waals surface area contributed by atoms with Crippen molar-refractivity contribution in [3.63, 3.8) is 0 Å². The number of benzene rings is 1. The molecule has 2 aromatic rings. The van der Waals surface area contributed by atoms with Gasteiger partial charge in [0.25, 0.3) is 0 Å². The SMILES string of the molecule is CC.Cc1cc(-c2nccc(C3=NN4CCNC(=O)C4C=C3)n2)cc(C)c1C. The highest BCUT2D eigenvalue weighted by Crippen LogP contribution is 2.23. The number of aromatic nitrogens is 2. The van der Waals surface area contributed by atoms with E-state index in [2.05, 4.69) is 48.3 Å². The zero-order valence-corrected chi connectivity index (χ0v) is 17.2. The molecule has 6 nitrogen and oxygen atoms in total. The van der Waals surface area contributed by atoms with Gasteiger partial charge in [-0.25, -0.2) is 9.97 Å². The summed E-state index contributed by atoms with van der Waals surface area (Å²) in [7, 11) is 0. The van der Waals surface area contributed by atoms with Gasteiger partial charge >= 0.3 is 0 Å². The van der Waals surface area contributed by atoms with Crippen LogP contribution in [0.5, 0.6) is 0 Å². The van der Waals surface area contributed by atoms with Crippen molar-refractivity contribution in [2.45, 2.75) is 40.7 Å². The molecule has 146 valence electrons. The van der Waals surface area contributed by atoms with Gasteiger partial charge in [0.1, 0.15) is 11.8 Å². The van der Waals surface area contributed by atoms with Gasteiger partial charge in [0.2, 0.25) is 5.91 Å². The van der Waals surface area contributed by atoms with Crippen LogP contribution in [0.2, 0.25) is 0 Å². The number of nitrogens with one attached hydrogen (secondary N) is 1. The third kappa shape index (κ3) is 3.81. The fourth-order valence-corrected chi connectivity index (χ4v) is 3.27. The first-order valence-electron chi connectivity index (χ1n) is 9.76. The standard InChI is InChI=1S/C20H21N5O.C2H6/c1-12-10-15(11-13(2)14(12)3)19-21-7-6-16(23-19)17-4-5-18-20(26)22-8-9-25(18)24-17;1-2/h4-7,10-11,18H,8-9H2,1-3H3,(H,22,26);1-2H3. The highest BCUT2D eigenvalue weighted by Gasteiger charge is 2.29. The third-order valence-corrected chi connectivity index (χ3v) is 5.01. The molecule has 0 bridgehead atoms. The van der Waals surface area contributed by atoms with Crippen LogP contribution in [-0.2, 0) is 4.79 Å². The molecule has 3 heterocycles. The molecule has 1 aromatic carbocycles. The molecule has 4 rings (SSSR count). The summed E-state index contributed by atoms with van der Waals surface area (Å²) in [6.07, 6.45) is 5.50. The van der Waals surface area contributed by atoms with Gasteiger partial charge < -0.3 is 5.32 Å². The Morgan fingerprint density at radius 3 is 2.57 bits per heavy atom. The van der Waals surface area contributed by atoms with Crippen molar-refractivity contribution in [2.24, 2.45) is 5.10 Å². The molecule has 1 saturated heterocycles. The summed E-state index contributed by atoms with van der Waals surface area (Å²) in [5.41, 5.74) is 6.26. The molecule has 1 aromatic heterocycles. The van der Waals surface area contributed by atoms with E-state index in [0.717, 1.165) is 17.0 Å². The smallest absolute Gasteiger partial charge is 0.248 e. The molecule has 6 heteroatoms. The minimum Gasteiger partial charge on any atom is -0.352 e. The molecular weight excluding hydrogens is 350 g/mol. The van der Waals surface area contributed by atoms with Crippen molar-refractivity contribution >= 4 is 11.6 Å². The molecule has 1 N–H and O–H groups in total. The van der Waals surface area contributed by atoms with Crippen LogP contribution in [-0.4, -0.2) is 45.7 Å². The third-order valence-electron chi connectivity index (χ3n) is 5.01. The van der Waals surface area contributed by atoms with Crippen LogP contribution < -0.4 is 5.32 Å². The molecule has 1 amide bonds. The average molecular weight is 377 g/mol. The number of carbonyl (C=O) groups is 1. The largest absolute Gasteiger partial charge is 0.352 e. The number of nitrogens with zero attached hydrogens (tertiary/aromatic N) is 4. The van der Waals surface area contributed by atoms with Gasteiger partial charge in [-0.05, 0) is 67.8 Å². The summed E-state index contributed by atoms with van der Waals surface area (Å²) >= 11 is 0. The summed E-state index contributed by atoms with van der Waals surface area (Å²) < 4.78 is 0.